The molecule has 2 amide bonds. The molecule has 1 aromatic rings. The SMILES string of the molecule is C[C@H]1CC[C@H](c2cc(F)c(F)c(F)c2)N(C(=O)C(N)=O)C1. The zero-order chi connectivity index (χ0) is 15.7. The second kappa shape index (κ2) is 5.75. The van der Waals surface area contributed by atoms with Gasteiger partial charge in [0.25, 0.3) is 0 Å². The average molecular weight is 300 g/mol. The van der Waals surface area contributed by atoms with Crippen molar-refractivity contribution >= 4 is 11.8 Å². The second-order valence-corrected chi connectivity index (χ2v) is 5.32. The Kier molecular flexibility index (Phi) is 4.20. The number of piperidine rings is 1. The maximum atomic E-state index is 13.3. The third kappa shape index (κ3) is 3.01. The third-order valence-corrected chi connectivity index (χ3v) is 3.68. The van der Waals surface area contributed by atoms with E-state index in [0.717, 1.165) is 12.1 Å². The Morgan fingerprint density at radius 1 is 1.19 bits per heavy atom. The molecule has 4 nitrogen and oxygen atoms in total. The van der Waals surface area contributed by atoms with Gasteiger partial charge in [-0.3, -0.25) is 9.59 Å². The van der Waals surface area contributed by atoms with Crippen molar-refractivity contribution in [1.29, 1.82) is 0 Å². The van der Waals surface area contributed by atoms with Gasteiger partial charge in [-0.05, 0) is 36.5 Å². The summed E-state index contributed by atoms with van der Waals surface area (Å²) in [5.74, 6) is -6.10. The topological polar surface area (TPSA) is 63.4 Å². The van der Waals surface area contributed by atoms with Gasteiger partial charge in [0.2, 0.25) is 0 Å². The zero-order valence-electron chi connectivity index (χ0n) is 11.4. The average Bonchev–Trinajstić information content (AvgIpc) is 2.43. The highest BCUT2D eigenvalue weighted by atomic mass is 19.2. The quantitative estimate of drug-likeness (QED) is 0.636. The minimum Gasteiger partial charge on any atom is -0.361 e. The van der Waals surface area contributed by atoms with E-state index in [1.54, 1.807) is 0 Å². The van der Waals surface area contributed by atoms with Crippen LogP contribution in [0.2, 0.25) is 0 Å². The van der Waals surface area contributed by atoms with Crippen molar-refractivity contribution in [2.24, 2.45) is 11.7 Å². The molecule has 1 aromatic carbocycles. The summed E-state index contributed by atoms with van der Waals surface area (Å²) in [6.45, 7) is 2.15. The molecule has 2 rings (SSSR count). The maximum absolute atomic E-state index is 13.3. The summed E-state index contributed by atoms with van der Waals surface area (Å²) in [6, 6.07) is 1.01. The van der Waals surface area contributed by atoms with Crippen molar-refractivity contribution < 1.29 is 22.8 Å². The Morgan fingerprint density at radius 2 is 1.76 bits per heavy atom. The van der Waals surface area contributed by atoms with Gasteiger partial charge in [0.15, 0.2) is 17.5 Å². The molecule has 114 valence electrons. The molecule has 0 aromatic heterocycles. The molecule has 7 heteroatoms. The smallest absolute Gasteiger partial charge is 0.312 e. The van der Waals surface area contributed by atoms with Crippen molar-refractivity contribution in [3.8, 4) is 0 Å². The number of carbonyl (C=O) groups is 2. The molecule has 1 fully saturated rings. The van der Waals surface area contributed by atoms with Gasteiger partial charge in [-0.25, -0.2) is 13.2 Å². The number of rotatable bonds is 1. The Hall–Kier alpha value is -2.05. The number of likely N-dealkylation sites (tertiary alicyclic amines) is 1. The lowest BCUT2D eigenvalue weighted by atomic mass is 9.89. The molecule has 1 aliphatic heterocycles. The van der Waals surface area contributed by atoms with Gasteiger partial charge in [0, 0.05) is 6.54 Å². The number of nitrogens with two attached hydrogens (primary N) is 1. The van der Waals surface area contributed by atoms with Crippen LogP contribution in [0.1, 0.15) is 31.4 Å². The zero-order valence-corrected chi connectivity index (χ0v) is 11.4. The normalized spacial score (nSPS) is 22.2. The number of hydrogen-bond acceptors (Lipinski definition) is 2. The van der Waals surface area contributed by atoms with Gasteiger partial charge in [0.1, 0.15) is 0 Å². The monoisotopic (exact) mass is 300 g/mol. The fraction of sp³-hybridized carbons (Fsp3) is 0.429. The van der Waals surface area contributed by atoms with Crippen molar-refractivity contribution in [2.45, 2.75) is 25.8 Å². The minimum atomic E-state index is -1.56. The number of nitrogens with zero attached hydrogens (tertiary/aromatic N) is 1. The Bertz CT molecular complexity index is 569. The second-order valence-electron chi connectivity index (χ2n) is 5.32. The van der Waals surface area contributed by atoms with E-state index in [-0.39, 0.29) is 18.0 Å². The fourth-order valence-electron chi connectivity index (χ4n) is 2.63. The first kappa shape index (κ1) is 15.3. The van der Waals surface area contributed by atoms with E-state index in [4.69, 9.17) is 5.73 Å². The lowest BCUT2D eigenvalue weighted by molar-refractivity contribution is -0.147. The van der Waals surface area contributed by atoms with Gasteiger partial charge >= 0.3 is 11.8 Å². The van der Waals surface area contributed by atoms with E-state index in [1.807, 2.05) is 6.92 Å². The van der Waals surface area contributed by atoms with E-state index < -0.39 is 35.3 Å². The summed E-state index contributed by atoms with van der Waals surface area (Å²) in [5.41, 5.74) is 5.12. The van der Waals surface area contributed by atoms with Gasteiger partial charge in [-0.15, -0.1) is 0 Å². The van der Waals surface area contributed by atoms with Crippen LogP contribution in [0.4, 0.5) is 13.2 Å². The first-order valence-corrected chi connectivity index (χ1v) is 6.56. The van der Waals surface area contributed by atoms with Crippen LogP contribution in [0.3, 0.4) is 0 Å². The number of primary amides is 1. The molecule has 0 spiro atoms. The molecule has 0 aliphatic carbocycles. The first-order chi connectivity index (χ1) is 9.81. The molecule has 0 radical (unpaired) electrons. The fourth-order valence-corrected chi connectivity index (χ4v) is 2.63. The summed E-state index contributed by atoms with van der Waals surface area (Å²) in [5, 5.41) is 0. The summed E-state index contributed by atoms with van der Waals surface area (Å²) < 4.78 is 39.7. The van der Waals surface area contributed by atoms with Crippen LogP contribution in [0.15, 0.2) is 12.1 Å². The van der Waals surface area contributed by atoms with Gasteiger partial charge in [-0.2, -0.15) is 0 Å². The summed E-state index contributed by atoms with van der Waals surface area (Å²) in [6.07, 6.45) is 1.14. The summed E-state index contributed by atoms with van der Waals surface area (Å²) in [4.78, 5) is 24.1. The maximum Gasteiger partial charge on any atom is 0.312 e. The van der Waals surface area contributed by atoms with Crippen LogP contribution < -0.4 is 5.73 Å². The third-order valence-electron chi connectivity index (χ3n) is 3.68. The summed E-state index contributed by atoms with van der Waals surface area (Å²) in [7, 11) is 0. The lowest BCUT2D eigenvalue weighted by Crippen LogP contribution is -2.47. The number of amides is 2. The van der Waals surface area contributed by atoms with Gasteiger partial charge in [-0.1, -0.05) is 6.92 Å². The van der Waals surface area contributed by atoms with Gasteiger partial charge < -0.3 is 10.6 Å². The Labute approximate surface area is 119 Å². The van der Waals surface area contributed by atoms with Gasteiger partial charge in [0.05, 0.1) is 6.04 Å². The van der Waals surface area contributed by atoms with Crippen molar-refractivity contribution in [1.82, 2.24) is 4.90 Å². The molecule has 1 saturated heterocycles. The highest BCUT2D eigenvalue weighted by Gasteiger charge is 2.34. The van der Waals surface area contributed by atoms with E-state index in [1.165, 1.54) is 4.90 Å². The molecule has 21 heavy (non-hydrogen) atoms. The molecule has 0 bridgehead atoms. The van der Waals surface area contributed by atoms with Crippen molar-refractivity contribution in [2.75, 3.05) is 6.54 Å². The van der Waals surface area contributed by atoms with Crippen molar-refractivity contribution in [3.05, 3.63) is 35.1 Å². The standard InChI is InChI=1S/C14H15F3N2O2/c1-7-2-3-11(19(6-7)14(21)13(18)20)8-4-9(15)12(17)10(16)5-8/h4-5,7,11H,2-3,6H2,1H3,(H2,18,20)/t7-,11+/m0/s1. The highest BCUT2D eigenvalue weighted by Crippen LogP contribution is 2.34. The van der Waals surface area contributed by atoms with E-state index in [0.29, 0.717) is 12.8 Å². The Morgan fingerprint density at radius 3 is 2.29 bits per heavy atom. The van der Waals surface area contributed by atoms with E-state index in [2.05, 4.69) is 0 Å². The Balaban J connectivity index is 2.39. The molecule has 1 heterocycles. The number of hydrogen-bond donors (Lipinski definition) is 1. The molecule has 1 aliphatic rings. The summed E-state index contributed by atoms with van der Waals surface area (Å²) >= 11 is 0. The minimum absolute atomic E-state index is 0.118. The van der Waals surface area contributed by atoms with Crippen LogP contribution in [0, 0.1) is 23.4 Å². The van der Waals surface area contributed by atoms with Crippen molar-refractivity contribution in [3.63, 3.8) is 0 Å². The first-order valence-electron chi connectivity index (χ1n) is 6.56. The number of benzene rings is 1. The molecule has 2 N–H and O–H groups in total. The van der Waals surface area contributed by atoms with E-state index >= 15 is 0 Å². The molecular formula is C14H15F3N2O2. The van der Waals surface area contributed by atoms with Crippen LogP contribution in [0.5, 0.6) is 0 Å². The molecule has 2 atom stereocenters. The molecular weight excluding hydrogens is 285 g/mol. The highest BCUT2D eigenvalue weighted by molar-refractivity contribution is 6.34. The predicted molar refractivity (Wildman–Crippen MR) is 68.4 cm³/mol. The van der Waals surface area contributed by atoms with Crippen LogP contribution >= 0.6 is 0 Å². The lowest BCUT2D eigenvalue weighted by Gasteiger charge is -2.38. The van der Waals surface area contributed by atoms with Crippen LogP contribution in [-0.2, 0) is 9.59 Å². The van der Waals surface area contributed by atoms with E-state index in [9.17, 15) is 22.8 Å². The molecule has 0 unspecified atom stereocenters. The predicted octanol–water partition coefficient (Wildman–Crippen LogP) is 1.89. The molecule has 0 saturated carbocycles. The number of halogens is 3. The largest absolute Gasteiger partial charge is 0.361 e. The van der Waals surface area contributed by atoms with Crippen LogP contribution in [0.25, 0.3) is 0 Å². The number of carbonyl (C=O) groups excluding carboxylic acids is 2. The van der Waals surface area contributed by atoms with Crippen LogP contribution in [-0.4, -0.2) is 23.3 Å².